The number of ketones is 1. The van der Waals surface area contributed by atoms with E-state index in [9.17, 15) is 4.79 Å². The molecule has 0 radical (unpaired) electrons. The Morgan fingerprint density at radius 2 is 1.97 bits per heavy atom. The lowest BCUT2D eigenvalue weighted by molar-refractivity contribution is -0.129. The summed E-state index contributed by atoms with van der Waals surface area (Å²) in [5.41, 5.74) is 10.1. The fourth-order valence-corrected chi connectivity index (χ4v) is 6.66. The summed E-state index contributed by atoms with van der Waals surface area (Å²) in [4.78, 5) is 12.8. The van der Waals surface area contributed by atoms with Crippen LogP contribution in [0.3, 0.4) is 0 Å². The number of hydrogen-bond donors (Lipinski definition) is 1. The van der Waals surface area contributed by atoms with Crippen molar-refractivity contribution in [1.82, 2.24) is 0 Å². The SMILES string of the molecule is C[C@]12CC[C@@H]3c4ccc(OCc5ccccc5)cc4CC[C@H]3[C@@H]1[C@H](CN)CC2=O. The van der Waals surface area contributed by atoms with Gasteiger partial charge >= 0.3 is 0 Å². The van der Waals surface area contributed by atoms with E-state index in [1.165, 1.54) is 23.1 Å². The van der Waals surface area contributed by atoms with E-state index in [2.05, 4.69) is 37.3 Å². The van der Waals surface area contributed by atoms with E-state index in [0.717, 1.165) is 25.0 Å². The monoisotopic (exact) mass is 389 g/mol. The van der Waals surface area contributed by atoms with Gasteiger partial charge in [0.15, 0.2) is 0 Å². The van der Waals surface area contributed by atoms with Crippen molar-refractivity contribution in [2.24, 2.45) is 28.9 Å². The third kappa shape index (κ3) is 3.11. The summed E-state index contributed by atoms with van der Waals surface area (Å²) in [6, 6.07) is 17.0. The molecule has 2 N–H and O–H groups in total. The number of hydrogen-bond acceptors (Lipinski definition) is 3. The Bertz CT molecular complexity index is 908. The molecule has 0 bridgehead atoms. The van der Waals surface area contributed by atoms with E-state index in [-0.39, 0.29) is 5.41 Å². The molecule has 5 rings (SSSR count). The summed E-state index contributed by atoms with van der Waals surface area (Å²) in [6.07, 6.45) is 5.08. The average Bonchev–Trinajstić information content (AvgIpc) is 3.03. The summed E-state index contributed by atoms with van der Waals surface area (Å²) in [6.45, 7) is 3.47. The Balaban J connectivity index is 1.37. The highest BCUT2D eigenvalue weighted by atomic mass is 16.5. The predicted molar refractivity (Wildman–Crippen MR) is 115 cm³/mol. The van der Waals surface area contributed by atoms with Crippen LogP contribution in [-0.4, -0.2) is 12.3 Å². The summed E-state index contributed by atoms with van der Waals surface area (Å²) in [7, 11) is 0. The van der Waals surface area contributed by atoms with Crippen molar-refractivity contribution >= 4 is 5.78 Å². The van der Waals surface area contributed by atoms with Crippen molar-refractivity contribution in [3.63, 3.8) is 0 Å². The zero-order valence-electron chi connectivity index (χ0n) is 17.3. The van der Waals surface area contributed by atoms with Crippen molar-refractivity contribution in [3.8, 4) is 5.75 Å². The maximum Gasteiger partial charge on any atom is 0.139 e. The van der Waals surface area contributed by atoms with Crippen LogP contribution in [0.25, 0.3) is 0 Å². The molecular weight excluding hydrogens is 358 g/mol. The fourth-order valence-electron chi connectivity index (χ4n) is 6.66. The van der Waals surface area contributed by atoms with E-state index in [1.807, 2.05) is 18.2 Å². The van der Waals surface area contributed by atoms with Gasteiger partial charge in [-0.2, -0.15) is 0 Å². The van der Waals surface area contributed by atoms with Gasteiger partial charge in [-0.05, 0) is 84.7 Å². The number of carbonyl (C=O) groups is 1. The number of rotatable bonds is 4. The molecule has 2 saturated carbocycles. The van der Waals surface area contributed by atoms with Crippen LogP contribution in [-0.2, 0) is 17.8 Å². The second-order valence-corrected chi connectivity index (χ2v) is 9.55. The molecule has 0 heterocycles. The first kappa shape index (κ1) is 18.9. The number of fused-ring (bicyclic) bond motifs is 5. The molecule has 3 aliphatic rings. The molecule has 29 heavy (non-hydrogen) atoms. The van der Waals surface area contributed by atoms with Gasteiger partial charge < -0.3 is 10.5 Å². The average molecular weight is 390 g/mol. The van der Waals surface area contributed by atoms with Crippen molar-refractivity contribution < 1.29 is 9.53 Å². The first-order valence-corrected chi connectivity index (χ1v) is 11.1. The first-order valence-electron chi connectivity index (χ1n) is 11.1. The predicted octanol–water partition coefficient (Wildman–Crippen LogP) is 4.88. The van der Waals surface area contributed by atoms with Crippen molar-refractivity contribution in [3.05, 3.63) is 65.2 Å². The molecule has 152 valence electrons. The van der Waals surface area contributed by atoms with Crippen LogP contribution < -0.4 is 10.5 Å². The molecule has 2 aromatic rings. The van der Waals surface area contributed by atoms with Crippen LogP contribution in [0.2, 0.25) is 0 Å². The number of ether oxygens (including phenoxy) is 1. The zero-order chi connectivity index (χ0) is 20.0. The van der Waals surface area contributed by atoms with Crippen LogP contribution in [0.1, 0.15) is 55.2 Å². The normalized spacial score (nSPS) is 33.0. The molecule has 3 nitrogen and oxygen atoms in total. The van der Waals surface area contributed by atoms with Gasteiger partial charge in [-0.3, -0.25) is 4.79 Å². The van der Waals surface area contributed by atoms with Gasteiger partial charge in [0.1, 0.15) is 18.1 Å². The number of carbonyl (C=O) groups excluding carboxylic acids is 1. The van der Waals surface area contributed by atoms with Gasteiger partial charge in [0, 0.05) is 11.8 Å². The van der Waals surface area contributed by atoms with Crippen LogP contribution in [0.4, 0.5) is 0 Å². The summed E-state index contributed by atoms with van der Waals surface area (Å²) in [5.74, 6) is 3.42. The molecule has 0 unspecified atom stereocenters. The minimum atomic E-state index is -0.137. The van der Waals surface area contributed by atoms with Crippen molar-refractivity contribution in [1.29, 1.82) is 0 Å². The Labute approximate surface area is 173 Å². The topological polar surface area (TPSA) is 52.3 Å². The fraction of sp³-hybridized carbons (Fsp3) is 0.500. The van der Waals surface area contributed by atoms with Crippen LogP contribution in [0, 0.1) is 23.2 Å². The smallest absolute Gasteiger partial charge is 0.139 e. The maximum absolute atomic E-state index is 12.8. The lowest BCUT2D eigenvalue weighted by atomic mass is 9.54. The second-order valence-electron chi connectivity index (χ2n) is 9.55. The molecule has 0 amide bonds. The molecule has 0 saturated heterocycles. The minimum Gasteiger partial charge on any atom is -0.489 e. The Hall–Kier alpha value is -2.13. The Kier molecular flexibility index (Phi) is 4.74. The summed E-state index contributed by atoms with van der Waals surface area (Å²) < 4.78 is 6.07. The van der Waals surface area contributed by atoms with E-state index in [4.69, 9.17) is 10.5 Å². The van der Waals surface area contributed by atoms with Gasteiger partial charge in [-0.25, -0.2) is 0 Å². The quantitative estimate of drug-likeness (QED) is 0.811. The molecular formula is C26H31NO2. The number of nitrogens with two attached hydrogens (primary N) is 1. The molecule has 2 fully saturated rings. The minimum absolute atomic E-state index is 0.137. The largest absolute Gasteiger partial charge is 0.489 e. The molecule has 5 atom stereocenters. The van der Waals surface area contributed by atoms with E-state index < -0.39 is 0 Å². The zero-order valence-corrected chi connectivity index (χ0v) is 17.3. The standard InChI is InChI=1S/C26H31NO2/c1-26-12-11-22-21-10-8-20(29-16-17-5-3-2-4-6-17)13-18(21)7-9-23(22)25(26)19(15-27)14-24(26)28/h2-6,8,10,13,19,22-23,25H,7,9,11-12,14-16,27H2,1H3/t19-,22+,23+,25-,26+/m0/s1. The van der Waals surface area contributed by atoms with Gasteiger partial charge in [-0.1, -0.05) is 43.3 Å². The highest BCUT2D eigenvalue weighted by Gasteiger charge is 2.58. The Morgan fingerprint density at radius 3 is 2.76 bits per heavy atom. The first-order chi connectivity index (χ1) is 14.1. The van der Waals surface area contributed by atoms with Gasteiger partial charge in [0.25, 0.3) is 0 Å². The van der Waals surface area contributed by atoms with Gasteiger partial charge in [0.2, 0.25) is 0 Å². The van der Waals surface area contributed by atoms with Gasteiger partial charge in [-0.15, -0.1) is 0 Å². The summed E-state index contributed by atoms with van der Waals surface area (Å²) >= 11 is 0. The molecule has 2 aromatic carbocycles. The maximum atomic E-state index is 12.8. The molecule has 0 spiro atoms. The lowest BCUT2D eigenvalue weighted by Crippen LogP contribution is -2.45. The second kappa shape index (κ2) is 7.28. The molecule has 0 aliphatic heterocycles. The van der Waals surface area contributed by atoms with Crippen molar-refractivity contribution in [2.75, 3.05) is 6.54 Å². The van der Waals surface area contributed by atoms with E-state index in [0.29, 0.717) is 49.0 Å². The Morgan fingerprint density at radius 1 is 1.14 bits per heavy atom. The molecule has 0 aromatic heterocycles. The van der Waals surface area contributed by atoms with Crippen molar-refractivity contribution in [2.45, 2.75) is 51.6 Å². The van der Waals surface area contributed by atoms with Crippen LogP contribution >= 0.6 is 0 Å². The number of benzene rings is 2. The van der Waals surface area contributed by atoms with E-state index in [1.54, 1.807) is 0 Å². The number of aryl methyl sites for hydroxylation is 1. The lowest BCUT2D eigenvalue weighted by Gasteiger charge is -2.49. The highest BCUT2D eigenvalue weighted by Crippen LogP contribution is 2.61. The number of Topliss-reactive ketones (excluding diaryl/α,β-unsaturated/α-hetero) is 1. The summed E-state index contributed by atoms with van der Waals surface area (Å²) in [5, 5.41) is 0. The highest BCUT2D eigenvalue weighted by molar-refractivity contribution is 5.87. The third-order valence-electron chi connectivity index (χ3n) is 8.09. The molecule has 3 aliphatic carbocycles. The van der Waals surface area contributed by atoms with E-state index >= 15 is 0 Å². The van der Waals surface area contributed by atoms with Crippen LogP contribution in [0.15, 0.2) is 48.5 Å². The van der Waals surface area contributed by atoms with Gasteiger partial charge in [0.05, 0.1) is 0 Å². The third-order valence-corrected chi connectivity index (χ3v) is 8.09. The van der Waals surface area contributed by atoms with Crippen LogP contribution in [0.5, 0.6) is 5.75 Å². The molecule has 3 heteroatoms.